The molecule has 0 radical (unpaired) electrons. The molecule has 120 valence electrons. The third-order valence-corrected chi connectivity index (χ3v) is 3.12. The minimum absolute atomic E-state index is 0.188. The zero-order valence-electron chi connectivity index (χ0n) is 12.2. The highest BCUT2D eigenvalue weighted by Gasteiger charge is 2.29. The lowest BCUT2D eigenvalue weighted by atomic mass is 10.2. The number of rotatable bonds is 3. The molecule has 0 bridgehead atoms. The molecule has 0 amide bonds. The van der Waals surface area contributed by atoms with E-state index in [0.29, 0.717) is 5.69 Å². The summed E-state index contributed by atoms with van der Waals surface area (Å²) in [7, 11) is 0. The van der Waals surface area contributed by atoms with Crippen molar-refractivity contribution in [3.8, 4) is 0 Å². The van der Waals surface area contributed by atoms with Crippen LogP contribution in [0.3, 0.4) is 0 Å². The fraction of sp³-hybridized carbons (Fsp3) is 0.125. The molecule has 2 N–H and O–H groups in total. The molecule has 0 aliphatic carbocycles. The molecular formula is C16H14F3N3S. The Morgan fingerprint density at radius 1 is 1.04 bits per heavy atom. The first-order valence-electron chi connectivity index (χ1n) is 6.68. The molecule has 0 aliphatic rings. The van der Waals surface area contributed by atoms with E-state index in [0.717, 1.165) is 23.3 Å². The minimum atomic E-state index is -4.35. The van der Waals surface area contributed by atoms with E-state index >= 15 is 0 Å². The standard InChI is InChI=1S/C16H14F3N3S/c1-11-2-4-12(5-3-11)10-20-22-15(23)21-14-8-6-13(7-9-14)16(17,18)19/h2-10H,1H3,(H2,21,22,23)/b20-10+. The molecule has 3 nitrogen and oxygen atoms in total. The number of hydrazone groups is 1. The Hall–Kier alpha value is -2.41. The van der Waals surface area contributed by atoms with Gasteiger partial charge in [0.2, 0.25) is 0 Å². The van der Waals surface area contributed by atoms with Crippen molar-refractivity contribution in [2.75, 3.05) is 5.32 Å². The van der Waals surface area contributed by atoms with Crippen LogP contribution in [0.25, 0.3) is 0 Å². The van der Waals surface area contributed by atoms with Gasteiger partial charge in [0.25, 0.3) is 0 Å². The van der Waals surface area contributed by atoms with Crippen LogP contribution in [0.2, 0.25) is 0 Å². The van der Waals surface area contributed by atoms with Gasteiger partial charge in [0, 0.05) is 5.69 Å². The third kappa shape index (κ3) is 5.37. The van der Waals surface area contributed by atoms with Crippen molar-refractivity contribution in [1.29, 1.82) is 0 Å². The van der Waals surface area contributed by atoms with Crippen LogP contribution in [0, 0.1) is 6.92 Å². The molecule has 0 aliphatic heterocycles. The normalized spacial score (nSPS) is 11.5. The summed E-state index contributed by atoms with van der Waals surface area (Å²) >= 11 is 5.02. The second-order valence-corrected chi connectivity index (χ2v) is 5.22. The first-order chi connectivity index (χ1) is 10.8. The molecule has 2 aromatic rings. The number of thiocarbonyl (C=S) groups is 1. The van der Waals surface area contributed by atoms with Crippen molar-refractivity contribution in [1.82, 2.24) is 5.43 Å². The molecule has 0 atom stereocenters. The summed E-state index contributed by atoms with van der Waals surface area (Å²) in [4.78, 5) is 0. The topological polar surface area (TPSA) is 36.4 Å². The highest BCUT2D eigenvalue weighted by atomic mass is 32.1. The lowest BCUT2D eigenvalue weighted by molar-refractivity contribution is -0.137. The summed E-state index contributed by atoms with van der Waals surface area (Å²) in [5, 5.41) is 6.91. The van der Waals surface area contributed by atoms with Crippen LogP contribution >= 0.6 is 12.2 Å². The van der Waals surface area contributed by atoms with E-state index in [1.54, 1.807) is 6.21 Å². The van der Waals surface area contributed by atoms with Crippen molar-refractivity contribution < 1.29 is 13.2 Å². The number of hydrogen-bond donors (Lipinski definition) is 2. The SMILES string of the molecule is Cc1ccc(/C=N/NC(=S)Nc2ccc(C(F)(F)F)cc2)cc1. The van der Waals surface area contributed by atoms with Crippen LogP contribution in [0.1, 0.15) is 16.7 Å². The number of hydrogen-bond acceptors (Lipinski definition) is 2. The zero-order chi connectivity index (χ0) is 16.9. The number of anilines is 1. The van der Waals surface area contributed by atoms with E-state index in [-0.39, 0.29) is 5.11 Å². The molecule has 0 saturated carbocycles. The van der Waals surface area contributed by atoms with Gasteiger partial charge >= 0.3 is 6.18 Å². The molecule has 23 heavy (non-hydrogen) atoms. The van der Waals surface area contributed by atoms with Crippen molar-refractivity contribution in [3.05, 3.63) is 65.2 Å². The Morgan fingerprint density at radius 3 is 2.22 bits per heavy atom. The number of aryl methyl sites for hydroxylation is 1. The number of nitrogens with one attached hydrogen (secondary N) is 2. The zero-order valence-corrected chi connectivity index (χ0v) is 13.0. The van der Waals surface area contributed by atoms with Gasteiger partial charge in [-0.25, -0.2) is 0 Å². The molecule has 0 unspecified atom stereocenters. The maximum Gasteiger partial charge on any atom is 0.416 e. The molecule has 7 heteroatoms. The molecule has 0 heterocycles. The van der Waals surface area contributed by atoms with Gasteiger partial charge in [0.15, 0.2) is 5.11 Å². The van der Waals surface area contributed by atoms with Crippen LogP contribution in [0.15, 0.2) is 53.6 Å². The number of halogens is 3. The fourth-order valence-corrected chi connectivity index (χ4v) is 1.89. The average molecular weight is 337 g/mol. The Morgan fingerprint density at radius 2 is 1.65 bits per heavy atom. The fourth-order valence-electron chi connectivity index (χ4n) is 1.72. The van der Waals surface area contributed by atoms with Gasteiger partial charge in [0.05, 0.1) is 11.8 Å². The summed E-state index contributed by atoms with van der Waals surface area (Å²) in [6.07, 6.45) is -2.75. The van der Waals surface area contributed by atoms with Gasteiger partial charge in [0.1, 0.15) is 0 Å². The largest absolute Gasteiger partial charge is 0.416 e. The van der Waals surface area contributed by atoms with E-state index in [4.69, 9.17) is 12.2 Å². The summed E-state index contributed by atoms with van der Waals surface area (Å²) in [5.74, 6) is 0. The average Bonchev–Trinajstić information content (AvgIpc) is 2.49. The van der Waals surface area contributed by atoms with Crippen LogP contribution in [0.5, 0.6) is 0 Å². The quantitative estimate of drug-likeness (QED) is 0.497. The highest BCUT2D eigenvalue weighted by molar-refractivity contribution is 7.80. The van der Waals surface area contributed by atoms with Crippen LogP contribution in [0.4, 0.5) is 18.9 Å². The second kappa shape index (κ2) is 7.23. The van der Waals surface area contributed by atoms with Gasteiger partial charge in [-0.05, 0) is 49.0 Å². The maximum atomic E-state index is 12.5. The van der Waals surface area contributed by atoms with Crippen LogP contribution < -0.4 is 10.7 Å². The monoisotopic (exact) mass is 337 g/mol. The smallest absolute Gasteiger partial charge is 0.331 e. The molecule has 2 rings (SSSR count). The van der Waals surface area contributed by atoms with Crippen LogP contribution in [-0.4, -0.2) is 11.3 Å². The van der Waals surface area contributed by atoms with E-state index in [2.05, 4.69) is 15.8 Å². The lowest BCUT2D eigenvalue weighted by Gasteiger charge is -2.09. The summed E-state index contributed by atoms with van der Waals surface area (Å²) < 4.78 is 37.4. The minimum Gasteiger partial charge on any atom is -0.331 e. The predicted octanol–water partition coefficient (Wildman–Crippen LogP) is 4.33. The van der Waals surface area contributed by atoms with Gasteiger partial charge in [-0.3, -0.25) is 5.43 Å². The summed E-state index contributed by atoms with van der Waals surface area (Å²) in [6, 6.07) is 12.3. The van der Waals surface area contributed by atoms with Crippen LogP contribution in [-0.2, 0) is 6.18 Å². The Bertz CT molecular complexity index is 692. The predicted molar refractivity (Wildman–Crippen MR) is 89.6 cm³/mol. The van der Waals surface area contributed by atoms with E-state index < -0.39 is 11.7 Å². The van der Waals surface area contributed by atoms with Gasteiger partial charge in [-0.15, -0.1) is 0 Å². The van der Waals surface area contributed by atoms with Gasteiger partial charge in [-0.2, -0.15) is 18.3 Å². The van der Waals surface area contributed by atoms with E-state index in [1.165, 1.54) is 12.1 Å². The number of alkyl halides is 3. The maximum absolute atomic E-state index is 12.5. The number of benzene rings is 2. The first kappa shape index (κ1) is 17.0. The second-order valence-electron chi connectivity index (χ2n) is 4.81. The Labute approximate surface area is 137 Å². The molecule has 0 aromatic heterocycles. The van der Waals surface area contributed by atoms with Crippen molar-refractivity contribution in [2.24, 2.45) is 5.10 Å². The Balaban J connectivity index is 1.88. The van der Waals surface area contributed by atoms with E-state index in [1.807, 2.05) is 31.2 Å². The molecule has 0 spiro atoms. The van der Waals surface area contributed by atoms with Crippen molar-refractivity contribution in [2.45, 2.75) is 13.1 Å². The molecule has 0 saturated heterocycles. The summed E-state index contributed by atoms with van der Waals surface area (Å²) in [6.45, 7) is 1.99. The molecular weight excluding hydrogens is 323 g/mol. The van der Waals surface area contributed by atoms with Crippen molar-refractivity contribution >= 4 is 29.2 Å². The first-order valence-corrected chi connectivity index (χ1v) is 7.09. The van der Waals surface area contributed by atoms with Gasteiger partial charge < -0.3 is 5.32 Å². The van der Waals surface area contributed by atoms with E-state index in [9.17, 15) is 13.2 Å². The third-order valence-electron chi connectivity index (χ3n) is 2.93. The molecule has 0 fully saturated rings. The Kier molecular flexibility index (Phi) is 5.33. The molecule has 2 aromatic carbocycles. The lowest BCUT2D eigenvalue weighted by Crippen LogP contribution is -2.23. The van der Waals surface area contributed by atoms with Gasteiger partial charge in [-0.1, -0.05) is 29.8 Å². The van der Waals surface area contributed by atoms with Crippen molar-refractivity contribution in [3.63, 3.8) is 0 Å². The summed E-state index contributed by atoms with van der Waals surface area (Å²) in [5.41, 5.74) is 4.39. The highest BCUT2D eigenvalue weighted by Crippen LogP contribution is 2.29. The number of nitrogens with zero attached hydrogens (tertiary/aromatic N) is 1.